The summed E-state index contributed by atoms with van der Waals surface area (Å²) in [5.41, 5.74) is 12.7. The lowest BCUT2D eigenvalue weighted by Gasteiger charge is -2.18. The van der Waals surface area contributed by atoms with Crippen molar-refractivity contribution >= 4 is 23.4 Å². The van der Waals surface area contributed by atoms with E-state index in [0.29, 0.717) is 12.2 Å². The Hall–Kier alpha value is -3.13. The second-order valence-corrected chi connectivity index (χ2v) is 5.09. The molecule has 1 aromatic heterocycles. The average molecular weight is 328 g/mol. The van der Waals surface area contributed by atoms with Crippen LogP contribution >= 0.6 is 0 Å². The molecule has 2 rings (SSSR count). The zero-order chi connectivity index (χ0) is 17.5. The number of carbonyl (C=O) groups excluding carboxylic acids is 1. The number of nitrogens with one attached hydrogen (secondary N) is 3. The molecule has 24 heavy (non-hydrogen) atoms. The third-order valence-corrected chi connectivity index (χ3v) is 3.31. The molecule has 2 aromatic rings. The summed E-state index contributed by atoms with van der Waals surface area (Å²) in [6.07, 6.45) is 1.34. The lowest BCUT2D eigenvalue weighted by atomic mass is 10.1. The summed E-state index contributed by atoms with van der Waals surface area (Å²) in [5.74, 6) is 0.0828. The van der Waals surface area contributed by atoms with Gasteiger partial charge in [-0.05, 0) is 5.56 Å². The smallest absolute Gasteiger partial charge is 0.320 e. The van der Waals surface area contributed by atoms with Crippen LogP contribution in [0.25, 0.3) is 0 Å². The van der Waals surface area contributed by atoms with Gasteiger partial charge in [0.25, 0.3) is 0 Å². The fraction of sp³-hybridized carbons (Fsp3) is 0.188. The Bertz CT molecular complexity index is 720. The van der Waals surface area contributed by atoms with E-state index in [1.165, 1.54) is 12.3 Å². The number of carbonyl (C=O) groups is 1. The standard InChI is InChI=1S/C16H20N6O2/c1-24-9-13(10-5-3-2-4-6-10)21-16(23)22-14-7-12(17)11(8-20-14)15(18)19/h2-8,13H,9H2,1H3,(H3,18,19)(H4,17,20,21,22,23). The molecule has 1 atom stereocenters. The van der Waals surface area contributed by atoms with E-state index in [2.05, 4.69) is 15.6 Å². The fourth-order valence-corrected chi connectivity index (χ4v) is 2.15. The number of nitrogen functional groups attached to an aromatic ring is 2. The van der Waals surface area contributed by atoms with Gasteiger partial charge in [0.1, 0.15) is 11.7 Å². The van der Waals surface area contributed by atoms with Gasteiger partial charge in [0, 0.05) is 25.1 Å². The molecule has 7 N–H and O–H groups in total. The van der Waals surface area contributed by atoms with Gasteiger partial charge in [0.05, 0.1) is 18.2 Å². The van der Waals surface area contributed by atoms with Crippen LogP contribution in [-0.2, 0) is 4.74 Å². The topological polar surface area (TPSA) is 139 Å². The van der Waals surface area contributed by atoms with Gasteiger partial charge < -0.3 is 21.5 Å². The number of amidine groups is 1. The predicted octanol–water partition coefficient (Wildman–Crippen LogP) is 1.46. The highest BCUT2D eigenvalue weighted by Crippen LogP contribution is 2.16. The van der Waals surface area contributed by atoms with Gasteiger partial charge in [-0.15, -0.1) is 0 Å². The summed E-state index contributed by atoms with van der Waals surface area (Å²) in [6, 6.07) is 10.2. The van der Waals surface area contributed by atoms with Crippen LogP contribution < -0.4 is 22.1 Å². The molecule has 2 amide bonds. The van der Waals surface area contributed by atoms with E-state index in [9.17, 15) is 4.79 Å². The van der Waals surface area contributed by atoms with Crippen LogP contribution in [0.1, 0.15) is 17.2 Å². The SMILES string of the molecule is COCC(NC(=O)Nc1cc(N)c(C(=N)N)cn1)c1ccccc1. The number of benzene rings is 1. The molecule has 1 unspecified atom stereocenters. The van der Waals surface area contributed by atoms with Crippen LogP contribution in [0, 0.1) is 5.41 Å². The summed E-state index contributed by atoms with van der Waals surface area (Å²) in [5, 5.41) is 12.8. The minimum atomic E-state index is -0.441. The van der Waals surface area contributed by atoms with Crippen LogP contribution in [-0.4, -0.2) is 30.6 Å². The van der Waals surface area contributed by atoms with Crippen LogP contribution in [0.4, 0.5) is 16.3 Å². The number of nitrogens with two attached hydrogens (primary N) is 2. The van der Waals surface area contributed by atoms with Crippen molar-refractivity contribution < 1.29 is 9.53 Å². The number of hydrogen-bond acceptors (Lipinski definition) is 5. The maximum atomic E-state index is 12.2. The monoisotopic (exact) mass is 328 g/mol. The van der Waals surface area contributed by atoms with E-state index in [1.807, 2.05) is 30.3 Å². The number of ether oxygens (including phenoxy) is 1. The van der Waals surface area contributed by atoms with Gasteiger partial charge in [0.15, 0.2) is 0 Å². The number of nitrogens with zero attached hydrogens (tertiary/aromatic N) is 1. The average Bonchev–Trinajstić information content (AvgIpc) is 2.55. The van der Waals surface area contributed by atoms with E-state index in [-0.39, 0.29) is 23.4 Å². The fourth-order valence-electron chi connectivity index (χ4n) is 2.15. The molecule has 0 bridgehead atoms. The number of anilines is 2. The molecule has 0 aliphatic heterocycles. The maximum Gasteiger partial charge on any atom is 0.320 e. The van der Waals surface area contributed by atoms with Crippen LogP contribution in [0.2, 0.25) is 0 Å². The predicted molar refractivity (Wildman–Crippen MR) is 92.9 cm³/mol. The molecule has 0 aliphatic carbocycles. The Morgan fingerprint density at radius 2 is 2.08 bits per heavy atom. The lowest BCUT2D eigenvalue weighted by molar-refractivity contribution is 0.168. The van der Waals surface area contributed by atoms with Crippen LogP contribution in [0.3, 0.4) is 0 Å². The minimum absolute atomic E-state index is 0.180. The van der Waals surface area contributed by atoms with Gasteiger partial charge in [-0.25, -0.2) is 9.78 Å². The summed E-state index contributed by atoms with van der Waals surface area (Å²) in [6.45, 7) is 0.330. The van der Waals surface area contributed by atoms with Crippen molar-refractivity contribution in [3.63, 3.8) is 0 Å². The molecule has 0 radical (unpaired) electrons. The summed E-state index contributed by atoms with van der Waals surface area (Å²) < 4.78 is 5.16. The Morgan fingerprint density at radius 3 is 2.67 bits per heavy atom. The van der Waals surface area contributed by atoms with E-state index in [1.54, 1.807) is 7.11 Å². The zero-order valence-corrected chi connectivity index (χ0v) is 13.2. The second-order valence-electron chi connectivity index (χ2n) is 5.09. The van der Waals surface area contributed by atoms with Crippen molar-refractivity contribution in [3.8, 4) is 0 Å². The zero-order valence-electron chi connectivity index (χ0n) is 13.2. The first-order valence-corrected chi connectivity index (χ1v) is 7.22. The summed E-state index contributed by atoms with van der Waals surface area (Å²) in [7, 11) is 1.57. The number of aromatic nitrogens is 1. The highest BCUT2D eigenvalue weighted by molar-refractivity contribution is 6.00. The Balaban J connectivity index is 2.06. The number of hydrogen-bond donors (Lipinski definition) is 5. The molecular formula is C16H20N6O2. The van der Waals surface area contributed by atoms with E-state index in [0.717, 1.165) is 5.56 Å². The molecular weight excluding hydrogens is 308 g/mol. The van der Waals surface area contributed by atoms with Crippen LogP contribution in [0.15, 0.2) is 42.6 Å². The maximum absolute atomic E-state index is 12.2. The number of pyridine rings is 1. The quantitative estimate of drug-likeness (QED) is 0.403. The van der Waals surface area contributed by atoms with Gasteiger partial charge >= 0.3 is 6.03 Å². The highest BCUT2D eigenvalue weighted by atomic mass is 16.5. The number of urea groups is 1. The molecule has 0 saturated heterocycles. The first-order valence-electron chi connectivity index (χ1n) is 7.22. The summed E-state index contributed by atoms with van der Waals surface area (Å²) in [4.78, 5) is 16.2. The second kappa shape index (κ2) is 7.93. The van der Waals surface area contributed by atoms with E-state index < -0.39 is 6.03 Å². The Morgan fingerprint density at radius 1 is 1.38 bits per heavy atom. The van der Waals surface area contributed by atoms with Gasteiger partial charge in [-0.1, -0.05) is 30.3 Å². The van der Waals surface area contributed by atoms with E-state index in [4.69, 9.17) is 21.6 Å². The van der Waals surface area contributed by atoms with Crippen LogP contribution in [0.5, 0.6) is 0 Å². The molecule has 0 spiro atoms. The molecule has 0 aliphatic rings. The van der Waals surface area contributed by atoms with Crippen molar-refractivity contribution in [3.05, 3.63) is 53.7 Å². The van der Waals surface area contributed by atoms with Gasteiger partial charge in [-0.2, -0.15) is 0 Å². The minimum Gasteiger partial charge on any atom is -0.398 e. The molecule has 126 valence electrons. The van der Waals surface area contributed by atoms with Gasteiger partial charge in [-0.3, -0.25) is 10.7 Å². The van der Waals surface area contributed by atoms with Crippen molar-refractivity contribution in [2.75, 3.05) is 24.8 Å². The van der Waals surface area contributed by atoms with Crippen molar-refractivity contribution in [2.24, 2.45) is 5.73 Å². The largest absolute Gasteiger partial charge is 0.398 e. The molecule has 0 fully saturated rings. The first kappa shape index (κ1) is 17.2. The van der Waals surface area contributed by atoms with Crippen molar-refractivity contribution in [1.29, 1.82) is 5.41 Å². The van der Waals surface area contributed by atoms with Crippen molar-refractivity contribution in [2.45, 2.75) is 6.04 Å². The molecule has 1 heterocycles. The molecule has 8 nitrogen and oxygen atoms in total. The molecule has 8 heteroatoms. The van der Waals surface area contributed by atoms with Gasteiger partial charge in [0.2, 0.25) is 0 Å². The Kier molecular flexibility index (Phi) is 5.69. The van der Waals surface area contributed by atoms with Crippen molar-refractivity contribution in [1.82, 2.24) is 10.3 Å². The number of rotatable bonds is 6. The molecule has 1 aromatic carbocycles. The lowest BCUT2D eigenvalue weighted by Crippen LogP contribution is -2.35. The first-order chi connectivity index (χ1) is 11.5. The Labute approximate surface area is 139 Å². The third kappa shape index (κ3) is 4.43. The van der Waals surface area contributed by atoms with E-state index >= 15 is 0 Å². The molecule has 0 saturated carbocycles. The third-order valence-electron chi connectivity index (χ3n) is 3.31. The normalized spacial score (nSPS) is 11.5. The number of methoxy groups -OCH3 is 1. The number of amides is 2. The summed E-state index contributed by atoms with van der Waals surface area (Å²) >= 11 is 0. The highest BCUT2D eigenvalue weighted by Gasteiger charge is 2.15.